The molecule has 0 bridgehead atoms. The molecule has 0 aromatic heterocycles. The molecule has 0 saturated heterocycles. The highest BCUT2D eigenvalue weighted by molar-refractivity contribution is 7.93. The summed E-state index contributed by atoms with van der Waals surface area (Å²) in [4.78, 5) is -0.648. The van der Waals surface area contributed by atoms with Gasteiger partial charge in [0.2, 0.25) is 10.0 Å². The number of sulfone groups is 1. The van der Waals surface area contributed by atoms with Crippen LogP contribution in [0.15, 0.2) is 34.1 Å². The largest absolute Gasteiger partial charge is 0.239 e. The van der Waals surface area contributed by atoms with Crippen LogP contribution >= 0.6 is 12.4 Å². The van der Waals surface area contributed by atoms with E-state index in [9.17, 15) is 16.8 Å². The molecule has 5 nitrogen and oxygen atoms in total. The highest BCUT2D eigenvalue weighted by Gasteiger charge is 2.19. The summed E-state index contributed by atoms with van der Waals surface area (Å²) in [5.41, 5.74) is 0. The molecule has 0 heterocycles. The fourth-order valence-electron chi connectivity index (χ4n) is 0.992. The first-order chi connectivity index (χ1) is 6.23. The van der Waals surface area contributed by atoms with Crippen molar-refractivity contribution in [2.75, 3.05) is 6.26 Å². The molecule has 0 aliphatic rings. The SMILES string of the molecule is CS(=O)(=O)c1ccccc1S(N)(=O)=O.Cl. The fourth-order valence-corrected chi connectivity index (χ4v) is 3.17. The lowest BCUT2D eigenvalue weighted by atomic mass is 10.4. The molecule has 0 aliphatic carbocycles. The van der Waals surface area contributed by atoms with Crippen LogP contribution in [0.3, 0.4) is 0 Å². The van der Waals surface area contributed by atoms with Gasteiger partial charge < -0.3 is 0 Å². The highest BCUT2D eigenvalue weighted by atomic mass is 35.5. The van der Waals surface area contributed by atoms with Gasteiger partial charge in [0.15, 0.2) is 9.84 Å². The van der Waals surface area contributed by atoms with Gasteiger partial charge in [-0.3, -0.25) is 0 Å². The second-order valence-corrected chi connectivity index (χ2v) is 6.28. The molecule has 0 radical (unpaired) electrons. The summed E-state index contributed by atoms with van der Waals surface area (Å²) in [6.45, 7) is 0. The normalized spacial score (nSPS) is 11.9. The molecule has 15 heavy (non-hydrogen) atoms. The second-order valence-electron chi connectivity index (χ2n) is 2.76. The number of benzene rings is 1. The fraction of sp³-hybridized carbons (Fsp3) is 0.143. The van der Waals surface area contributed by atoms with Crippen molar-refractivity contribution in [2.24, 2.45) is 5.14 Å². The molecule has 0 saturated carbocycles. The zero-order chi connectivity index (χ0) is 11.0. The Hall–Kier alpha value is -0.630. The molecule has 0 fully saturated rings. The smallest absolute Gasteiger partial charge is 0.225 e. The first kappa shape index (κ1) is 14.4. The third kappa shape index (κ3) is 3.45. The van der Waals surface area contributed by atoms with Crippen LogP contribution in [-0.4, -0.2) is 23.1 Å². The Balaban J connectivity index is 0.00000196. The number of primary sulfonamides is 1. The van der Waals surface area contributed by atoms with E-state index in [-0.39, 0.29) is 22.2 Å². The third-order valence-electron chi connectivity index (χ3n) is 1.56. The number of nitrogens with two attached hydrogens (primary N) is 1. The second kappa shape index (κ2) is 4.48. The van der Waals surface area contributed by atoms with Crippen LogP contribution in [0.2, 0.25) is 0 Å². The minimum atomic E-state index is -4.00. The maximum Gasteiger partial charge on any atom is 0.239 e. The van der Waals surface area contributed by atoms with E-state index in [0.29, 0.717) is 0 Å². The molecule has 0 aliphatic heterocycles. The maximum absolute atomic E-state index is 11.2. The van der Waals surface area contributed by atoms with Gasteiger partial charge in [0.05, 0.1) is 4.90 Å². The van der Waals surface area contributed by atoms with Crippen LogP contribution in [0.1, 0.15) is 0 Å². The Morgan fingerprint density at radius 3 is 1.67 bits per heavy atom. The topological polar surface area (TPSA) is 94.3 Å². The predicted octanol–water partition coefficient (Wildman–Crippen LogP) is 0.159. The number of halogens is 1. The van der Waals surface area contributed by atoms with Gasteiger partial charge in [0, 0.05) is 6.26 Å². The van der Waals surface area contributed by atoms with Gasteiger partial charge in [-0.2, -0.15) is 0 Å². The minimum absolute atomic E-state index is 0. The lowest BCUT2D eigenvalue weighted by Gasteiger charge is -2.04. The Bertz CT molecular complexity index is 499. The monoisotopic (exact) mass is 271 g/mol. The molecule has 2 N–H and O–H groups in total. The molecule has 86 valence electrons. The maximum atomic E-state index is 11.2. The Kier molecular flexibility index (Phi) is 4.29. The average molecular weight is 272 g/mol. The van der Waals surface area contributed by atoms with E-state index >= 15 is 0 Å². The summed E-state index contributed by atoms with van der Waals surface area (Å²) in [7, 11) is -7.57. The molecule has 0 amide bonds. The predicted molar refractivity (Wildman–Crippen MR) is 58.2 cm³/mol. The van der Waals surface area contributed by atoms with Gasteiger partial charge in [-0.05, 0) is 12.1 Å². The molecule has 8 heteroatoms. The molecular formula is C7H10ClNO4S2. The van der Waals surface area contributed by atoms with Crippen molar-refractivity contribution >= 4 is 32.3 Å². The highest BCUT2D eigenvalue weighted by Crippen LogP contribution is 2.18. The summed E-state index contributed by atoms with van der Waals surface area (Å²) in [6.07, 6.45) is 0.928. The summed E-state index contributed by atoms with van der Waals surface area (Å²) >= 11 is 0. The lowest BCUT2D eigenvalue weighted by Crippen LogP contribution is -2.16. The van der Waals surface area contributed by atoms with E-state index in [4.69, 9.17) is 5.14 Å². The van der Waals surface area contributed by atoms with Crippen molar-refractivity contribution in [3.8, 4) is 0 Å². The van der Waals surface area contributed by atoms with Gasteiger partial charge in [-0.25, -0.2) is 22.0 Å². The summed E-state index contributed by atoms with van der Waals surface area (Å²) < 4.78 is 44.4. The van der Waals surface area contributed by atoms with Gasteiger partial charge in [-0.1, -0.05) is 12.1 Å². The molecule has 0 atom stereocenters. The van der Waals surface area contributed by atoms with Gasteiger partial charge >= 0.3 is 0 Å². The minimum Gasteiger partial charge on any atom is -0.225 e. The van der Waals surface area contributed by atoms with Crippen molar-refractivity contribution < 1.29 is 16.8 Å². The number of hydrogen-bond donors (Lipinski definition) is 1. The van der Waals surface area contributed by atoms with E-state index in [2.05, 4.69) is 0 Å². The van der Waals surface area contributed by atoms with E-state index in [0.717, 1.165) is 12.3 Å². The van der Waals surface area contributed by atoms with E-state index in [1.165, 1.54) is 18.2 Å². The number of hydrogen-bond acceptors (Lipinski definition) is 4. The van der Waals surface area contributed by atoms with Crippen molar-refractivity contribution in [1.29, 1.82) is 0 Å². The lowest BCUT2D eigenvalue weighted by molar-refractivity contribution is 0.586. The van der Waals surface area contributed by atoms with Gasteiger partial charge in [0.1, 0.15) is 4.90 Å². The Morgan fingerprint density at radius 2 is 1.40 bits per heavy atom. The van der Waals surface area contributed by atoms with E-state index in [1.54, 1.807) is 0 Å². The van der Waals surface area contributed by atoms with Crippen LogP contribution in [-0.2, 0) is 19.9 Å². The van der Waals surface area contributed by atoms with Crippen molar-refractivity contribution in [1.82, 2.24) is 0 Å². The van der Waals surface area contributed by atoms with Gasteiger partial charge in [-0.15, -0.1) is 12.4 Å². The molecule has 1 aromatic carbocycles. The summed E-state index contributed by atoms with van der Waals surface area (Å²) in [6, 6.07) is 5.21. The van der Waals surface area contributed by atoms with Crippen molar-refractivity contribution in [3.05, 3.63) is 24.3 Å². The van der Waals surface area contributed by atoms with E-state index in [1.807, 2.05) is 0 Å². The molecule has 0 spiro atoms. The van der Waals surface area contributed by atoms with Crippen LogP contribution in [0.25, 0.3) is 0 Å². The molecule has 0 unspecified atom stereocenters. The summed E-state index contributed by atoms with van der Waals surface area (Å²) in [5.74, 6) is 0. The van der Waals surface area contributed by atoms with Crippen LogP contribution in [0.5, 0.6) is 0 Å². The number of sulfonamides is 1. The molecule has 1 aromatic rings. The van der Waals surface area contributed by atoms with Crippen LogP contribution in [0.4, 0.5) is 0 Å². The summed E-state index contributed by atoms with van der Waals surface area (Å²) in [5, 5.41) is 4.86. The molecular weight excluding hydrogens is 262 g/mol. The third-order valence-corrected chi connectivity index (χ3v) is 3.81. The van der Waals surface area contributed by atoms with Crippen LogP contribution in [0, 0.1) is 0 Å². The Morgan fingerprint density at radius 1 is 1.00 bits per heavy atom. The quantitative estimate of drug-likeness (QED) is 0.829. The Labute approximate surface area is 94.7 Å². The zero-order valence-corrected chi connectivity index (χ0v) is 10.2. The zero-order valence-electron chi connectivity index (χ0n) is 7.74. The first-order valence-electron chi connectivity index (χ1n) is 3.55. The standard InChI is InChI=1S/C7H9NO4S2.ClH/c1-13(9,10)6-4-2-3-5-7(6)14(8,11)12;/h2-5H,1H3,(H2,8,11,12);1H. The van der Waals surface area contributed by atoms with Crippen molar-refractivity contribution in [2.45, 2.75) is 9.79 Å². The van der Waals surface area contributed by atoms with Gasteiger partial charge in [0.25, 0.3) is 0 Å². The van der Waals surface area contributed by atoms with E-state index < -0.39 is 19.9 Å². The van der Waals surface area contributed by atoms with Crippen LogP contribution < -0.4 is 5.14 Å². The molecule has 1 rings (SSSR count). The van der Waals surface area contributed by atoms with Crippen molar-refractivity contribution in [3.63, 3.8) is 0 Å². The average Bonchev–Trinajstić information content (AvgIpc) is 2.01. The first-order valence-corrected chi connectivity index (χ1v) is 6.98. The number of rotatable bonds is 2.